The summed E-state index contributed by atoms with van der Waals surface area (Å²) in [7, 11) is 0. The van der Waals surface area contributed by atoms with Crippen LogP contribution in [0.2, 0.25) is 0 Å². The third-order valence-electron chi connectivity index (χ3n) is 12.9. The molecule has 0 N–H and O–H groups in total. The molecule has 14 nitrogen and oxygen atoms in total. The fraction of sp³-hybridized carbons (Fsp3) is 0.600. The van der Waals surface area contributed by atoms with Crippen LogP contribution >= 0.6 is 0 Å². The summed E-state index contributed by atoms with van der Waals surface area (Å²) in [5.74, 6) is 69.1. The summed E-state index contributed by atoms with van der Waals surface area (Å²) in [6.07, 6.45) is 0. The van der Waals surface area contributed by atoms with Gasteiger partial charge in [0.15, 0.2) is 0 Å². The molecule has 0 amide bonds. The Hall–Kier alpha value is -6.72. The van der Waals surface area contributed by atoms with Gasteiger partial charge in [-0.05, 0) is 166 Å². The summed E-state index contributed by atoms with van der Waals surface area (Å²) in [5.41, 5.74) is -2.35. The topological polar surface area (TPSA) is 129 Å². The van der Waals surface area contributed by atoms with E-state index >= 15 is 0 Å². The van der Waals surface area contributed by atoms with Crippen LogP contribution < -0.4 is 0 Å². The van der Waals surface area contributed by atoms with E-state index in [4.69, 9.17) is 66.3 Å². The van der Waals surface area contributed by atoms with E-state index in [1.807, 2.05) is 96.9 Å². The van der Waals surface area contributed by atoms with Gasteiger partial charge in [-0.15, -0.1) is 0 Å². The van der Waals surface area contributed by atoms with E-state index in [-0.39, 0.29) is 130 Å². The van der Waals surface area contributed by atoms with Gasteiger partial charge in [-0.25, -0.2) is 0 Å². The van der Waals surface area contributed by atoms with Crippen LogP contribution in [0.25, 0.3) is 0 Å². The summed E-state index contributed by atoms with van der Waals surface area (Å²) >= 11 is 0. The summed E-state index contributed by atoms with van der Waals surface area (Å²) < 4.78 is 87.0. The number of hydrogen-bond acceptors (Lipinski definition) is 14. The van der Waals surface area contributed by atoms with Crippen molar-refractivity contribution in [1.82, 2.24) is 0 Å². The second kappa shape index (κ2) is 24.3. The lowest BCUT2D eigenvalue weighted by Crippen LogP contribution is -2.46. The van der Waals surface area contributed by atoms with Crippen molar-refractivity contribution in [2.24, 2.45) is 37.9 Å². The van der Waals surface area contributed by atoms with E-state index < -0.39 is 40.5 Å². The molecule has 0 bridgehead atoms. The van der Waals surface area contributed by atoms with Crippen molar-refractivity contribution in [2.75, 3.05) is 92.5 Å². The lowest BCUT2D eigenvalue weighted by atomic mass is 9.94. The minimum atomic E-state index is -1.72. The normalized spacial score (nSPS) is 27.2. The summed E-state index contributed by atoms with van der Waals surface area (Å²) in [6.45, 7) is 31.7. The van der Waals surface area contributed by atoms with Crippen molar-refractivity contribution in [3.05, 3.63) is 0 Å². The zero-order chi connectivity index (χ0) is 60.6. The first-order valence-corrected chi connectivity index (χ1v) is 27.6. The molecular formula is C70H70O14. The van der Waals surface area contributed by atoms with Crippen LogP contribution in [0.15, 0.2) is 0 Å². The highest BCUT2D eigenvalue weighted by atomic mass is 16.7. The molecule has 0 radical (unpaired) electrons. The second-order valence-corrected chi connectivity index (χ2v) is 27.0. The van der Waals surface area contributed by atoms with Crippen LogP contribution in [0.4, 0.5) is 0 Å². The smallest absolute Gasteiger partial charge is 0.302 e. The maximum Gasteiger partial charge on any atom is 0.302 e. The van der Waals surface area contributed by atoms with Crippen LogP contribution in [-0.2, 0) is 66.3 Å². The maximum atomic E-state index is 6.21. The Bertz CT molecular complexity index is 2680. The van der Waals surface area contributed by atoms with E-state index in [2.05, 4.69) is 166 Å². The largest absolute Gasteiger partial charge is 0.329 e. The van der Waals surface area contributed by atoms with Gasteiger partial charge < -0.3 is 66.3 Å². The van der Waals surface area contributed by atoms with Gasteiger partial charge in [0.25, 0.3) is 0 Å². The molecule has 0 atom stereocenters. The molecular weight excluding hydrogens is 1060 g/mol. The van der Waals surface area contributed by atoms with Crippen LogP contribution in [0, 0.1) is 204 Å². The van der Waals surface area contributed by atoms with Crippen LogP contribution in [0.1, 0.15) is 96.9 Å². The third kappa shape index (κ3) is 17.5. The monoisotopic (exact) mass is 1130 g/mol. The van der Waals surface area contributed by atoms with E-state index in [9.17, 15) is 0 Å². The van der Waals surface area contributed by atoms with Crippen molar-refractivity contribution < 1.29 is 66.3 Å². The molecule has 0 aromatic carbocycles. The molecule has 7 saturated heterocycles. The zero-order valence-electron chi connectivity index (χ0n) is 50.6. The van der Waals surface area contributed by atoms with Gasteiger partial charge in [0, 0.05) is 37.9 Å². The molecule has 0 unspecified atom stereocenters. The highest BCUT2D eigenvalue weighted by Crippen LogP contribution is 2.35. The Kier molecular flexibility index (Phi) is 18.3. The average molecular weight is 1140 g/mol. The Morgan fingerprint density at radius 1 is 0.143 bits per heavy atom. The molecule has 7 heterocycles. The Labute approximate surface area is 497 Å². The van der Waals surface area contributed by atoms with Crippen LogP contribution in [0.3, 0.4) is 0 Å². The Morgan fingerprint density at radius 2 is 0.214 bits per heavy atom. The average Bonchev–Trinajstić information content (AvgIpc) is 3.14. The van der Waals surface area contributed by atoms with E-state index in [0.29, 0.717) is 0 Å². The molecule has 434 valence electrons. The van der Waals surface area contributed by atoms with Crippen molar-refractivity contribution in [1.29, 1.82) is 0 Å². The Balaban J connectivity index is 1.25. The molecule has 8 rings (SSSR count). The van der Waals surface area contributed by atoms with Crippen molar-refractivity contribution in [2.45, 2.75) is 137 Å². The first-order chi connectivity index (χ1) is 39.3. The molecule has 84 heavy (non-hydrogen) atoms. The lowest BCUT2D eigenvalue weighted by molar-refractivity contribution is -0.235. The standard InChI is InChI=1S/C70H70O14/c1-57(2)43-71-64(72-44-57)29-15-17-31-65(73-45-58(3,4)46-74-65)33-19-21-35-67(77-49-60(7,8)50-78-67)37-23-25-39-69(81-53-62(11,12)54-82-69)41-27-28-42-70(83-55-63(13,14)56-84-70)40-26-24-38-68(79-51-61(9,10)52-80-68)36-22-20-34-66(32-18-16-30-64)75-47-59(5,6)48-76-66/h43-56H2,1-14H3. The predicted octanol–water partition coefficient (Wildman–Crippen LogP) is 5.43. The summed E-state index contributed by atoms with van der Waals surface area (Å²) in [6, 6.07) is 0. The van der Waals surface area contributed by atoms with Gasteiger partial charge in [-0.1, -0.05) is 96.9 Å². The lowest BCUT2D eigenvalue weighted by Gasteiger charge is -2.37. The third-order valence-corrected chi connectivity index (χ3v) is 12.9. The molecule has 7 spiro atoms. The second-order valence-electron chi connectivity index (χ2n) is 27.0. The van der Waals surface area contributed by atoms with Gasteiger partial charge in [0.05, 0.1) is 92.5 Å². The van der Waals surface area contributed by atoms with E-state index in [1.165, 1.54) is 0 Å². The van der Waals surface area contributed by atoms with Crippen LogP contribution in [-0.4, -0.2) is 133 Å². The first-order valence-electron chi connectivity index (χ1n) is 27.6. The molecule has 0 aromatic rings. The highest BCUT2D eigenvalue weighted by molar-refractivity contribution is 5.47. The fourth-order valence-corrected chi connectivity index (χ4v) is 7.56. The van der Waals surface area contributed by atoms with Gasteiger partial charge >= 0.3 is 40.5 Å². The van der Waals surface area contributed by atoms with Gasteiger partial charge in [-0.2, -0.15) is 0 Å². The van der Waals surface area contributed by atoms with Crippen molar-refractivity contribution >= 4 is 0 Å². The number of rotatable bonds is 0. The molecule has 14 heteroatoms. The number of hydrogen-bond donors (Lipinski definition) is 0. The summed E-state index contributed by atoms with van der Waals surface area (Å²) in [5, 5.41) is 0. The fourth-order valence-electron chi connectivity index (χ4n) is 7.56. The van der Waals surface area contributed by atoms with E-state index in [1.54, 1.807) is 0 Å². The molecule has 1 aliphatic carbocycles. The first kappa shape index (κ1) is 63.3. The number of ether oxygens (including phenoxy) is 14. The quantitative estimate of drug-likeness (QED) is 0.286. The Morgan fingerprint density at radius 3 is 0.286 bits per heavy atom. The SMILES string of the molecule is CC1(C)COC2(C#CC#CC3(C#CC#CC4(C#CC#CC5(C#CC#CC6(C#CC#CC7(C#CC#CC8(C#CC#C2)OCC(C)(C)CO8)OCC(C)(C)CO7)OCC(C)(C)CO6)OCC(C)(C)CO5)OCC(C)(C)CO4)OCC(C)(C)CO3)OC1. The van der Waals surface area contributed by atoms with Gasteiger partial charge in [0.2, 0.25) is 0 Å². The minimum Gasteiger partial charge on any atom is -0.329 e. The molecule has 7 fully saturated rings. The van der Waals surface area contributed by atoms with Crippen molar-refractivity contribution in [3.63, 3.8) is 0 Å². The van der Waals surface area contributed by atoms with Gasteiger partial charge in [-0.3, -0.25) is 0 Å². The molecule has 7 aliphatic heterocycles. The van der Waals surface area contributed by atoms with Gasteiger partial charge in [0.1, 0.15) is 0 Å². The highest BCUT2D eigenvalue weighted by Gasteiger charge is 2.45. The summed E-state index contributed by atoms with van der Waals surface area (Å²) in [4.78, 5) is 0. The zero-order valence-corrected chi connectivity index (χ0v) is 50.6. The van der Waals surface area contributed by atoms with Crippen molar-refractivity contribution in [3.8, 4) is 166 Å². The minimum absolute atomic E-state index is 0.266. The molecule has 8 aliphatic rings. The maximum absolute atomic E-state index is 6.21. The molecule has 0 aromatic heterocycles. The van der Waals surface area contributed by atoms with E-state index in [0.717, 1.165) is 0 Å². The van der Waals surface area contributed by atoms with Crippen LogP contribution in [0.5, 0.6) is 0 Å². The predicted molar refractivity (Wildman–Crippen MR) is 308 cm³/mol. The molecule has 0 saturated carbocycles.